The maximum absolute atomic E-state index is 11.3. The van der Waals surface area contributed by atoms with Gasteiger partial charge in [0.2, 0.25) is 0 Å². The van der Waals surface area contributed by atoms with Gasteiger partial charge < -0.3 is 4.74 Å². The standard InChI is InChI=1S/C9H11N3O2/c1-2-14-9(13)8-5-7-6-10-3-4-12(7)11-8/h3,5-6,11H,2,4H2,1H3. The van der Waals surface area contributed by atoms with Crippen molar-refractivity contribution in [3.8, 4) is 0 Å². The van der Waals surface area contributed by atoms with Gasteiger partial charge in [-0.15, -0.1) is 0 Å². The van der Waals surface area contributed by atoms with Crippen LogP contribution in [0.25, 0.3) is 0 Å². The minimum Gasteiger partial charge on any atom is -0.461 e. The molecule has 0 amide bonds. The molecule has 5 heteroatoms. The number of hydrogen-bond donors (Lipinski definition) is 1. The van der Waals surface area contributed by atoms with Gasteiger partial charge in [-0.2, -0.15) is 0 Å². The average Bonchev–Trinajstić information content (AvgIpc) is 2.61. The summed E-state index contributed by atoms with van der Waals surface area (Å²) in [5, 5.41) is 1.83. The van der Waals surface area contributed by atoms with E-state index in [1.807, 2.05) is 5.01 Å². The second kappa shape index (κ2) is 3.53. The highest BCUT2D eigenvalue weighted by molar-refractivity contribution is 5.89. The van der Waals surface area contributed by atoms with Gasteiger partial charge in [-0.05, 0) is 13.0 Å². The molecule has 0 bridgehead atoms. The Hall–Kier alpha value is -1.78. The molecule has 2 heterocycles. The summed E-state index contributed by atoms with van der Waals surface area (Å²) in [6, 6.07) is 0. The highest BCUT2D eigenvalue weighted by Gasteiger charge is 2.23. The first-order valence-corrected chi connectivity index (χ1v) is 4.46. The smallest absolute Gasteiger partial charge is 0.356 e. The zero-order valence-electron chi connectivity index (χ0n) is 7.86. The molecule has 0 saturated heterocycles. The van der Waals surface area contributed by atoms with E-state index in [2.05, 4.69) is 10.4 Å². The van der Waals surface area contributed by atoms with E-state index in [9.17, 15) is 4.79 Å². The second-order valence-electron chi connectivity index (χ2n) is 2.89. The van der Waals surface area contributed by atoms with Gasteiger partial charge in [-0.3, -0.25) is 15.4 Å². The second-order valence-corrected chi connectivity index (χ2v) is 2.89. The molecule has 0 aliphatic carbocycles. The molecule has 1 N–H and O–H groups in total. The Morgan fingerprint density at radius 2 is 2.64 bits per heavy atom. The fourth-order valence-corrected chi connectivity index (χ4v) is 1.30. The zero-order valence-corrected chi connectivity index (χ0v) is 7.86. The number of ether oxygens (including phenoxy) is 1. The number of nitrogens with one attached hydrogen (secondary N) is 1. The van der Waals surface area contributed by atoms with Crippen LogP contribution in [0.2, 0.25) is 0 Å². The van der Waals surface area contributed by atoms with E-state index in [-0.39, 0.29) is 5.97 Å². The fraction of sp³-hybridized carbons (Fsp3) is 0.333. The van der Waals surface area contributed by atoms with Crippen LogP contribution in [-0.4, -0.2) is 30.3 Å². The summed E-state index contributed by atoms with van der Waals surface area (Å²) in [6.45, 7) is 2.82. The van der Waals surface area contributed by atoms with E-state index in [0.29, 0.717) is 18.8 Å². The quantitative estimate of drug-likeness (QED) is 0.635. The monoisotopic (exact) mass is 193 g/mol. The number of hydrogen-bond acceptors (Lipinski definition) is 5. The van der Waals surface area contributed by atoms with Crippen LogP contribution in [0.5, 0.6) is 0 Å². The maximum Gasteiger partial charge on any atom is 0.356 e. The highest BCUT2D eigenvalue weighted by atomic mass is 16.5. The number of carbonyl (C=O) groups is 1. The Kier molecular flexibility index (Phi) is 2.22. The van der Waals surface area contributed by atoms with Crippen molar-refractivity contribution in [1.82, 2.24) is 10.4 Å². The van der Waals surface area contributed by atoms with Gasteiger partial charge in [0, 0.05) is 6.21 Å². The number of rotatable bonds is 2. The lowest BCUT2D eigenvalue weighted by Gasteiger charge is -2.20. The first-order chi connectivity index (χ1) is 6.81. The van der Waals surface area contributed by atoms with Crippen LogP contribution in [0.3, 0.4) is 0 Å². The lowest BCUT2D eigenvalue weighted by Crippen LogP contribution is -2.35. The topological polar surface area (TPSA) is 53.9 Å². The van der Waals surface area contributed by atoms with E-state index < -0.39 is 0 Å². The largest absolute Gasteiger partial charge is 0.461 e. The first kappa shape index (κ1) is 8.80. The van der Waals surface area contributed by atoms with Crippen LogP contribution in [-0.2, 0) is 9.53 Å². The summed E-state index contributed by atoms with van der Waals surface area (Å²) in [5.41, 5.74) is 4.28. The normalized spacial score (nSPS) is 18.2. The molecule has 2 aliphatic heterocycles. The fourth-order valence-electron chi connectivity index (χ4n) is 1.30. The molecule has 0 atom stereocenters. The molecule has 0 aromatic rings. The highest BCUT2D eigenvalue weighted by Crippen LogP contribution is 2.17. The lowest BCUT2D eigenvalue weighted by atomic mass is 10.3. The third kappa shape index (κ3) is 1.48. The number of aliphatic imine (C=N–C) groups is 1. The molecular formula is C9H11N3O2. The molecule has 0 radical (unpaired) electrons. The van der Waals surface area contributed by atoms with Crippen LogP contribution in [0.1, 0.15) is 6.92 Å². The number of esters is 1. The third-order valence-electron chi connectivity index (χ3n) is 1.93. The van der Waals surface area contributed by atoms with Gasteiger partial charge in [-0.25, -0.2) is 4.79 Å². The van der Waals surface area contributed by atoms with Crippen molar-refractivity contribution in [2.24, 2.45) is 4.99 Å². The molecule has 0 fully saturated rings. The maximum atomic E-state index is 11.3. The Morgan fingerprint density at radius 3 is 3.36 bits per heavy atom. The van der Waals surface area contributed by atoms with E-state index in [1.165, 1.54) is 0 Å². The van der Waals surface area contributed by atoms with Crippen molar-refractivity contribution in [1.29, 1.82) is 0 Å². The average molecular weight is 193 g/mol. The summed E-state index contributed by atoms with van der Waals surface area (Å²) in [4.78, 5) is 15.3. The van der Waals surface area contributed by atoms with E-state index in [4.69, 9.17) is 4.74 Å². The molecule has 2 aliphatic rings. The molecule has 74 valence electrons. The summed E-state index contributed by atoms with van der Waals surface area (Å²) in [5.74, 6) is -0.331. The summed E-state index contributed by atoms with van der Waals surface area (Å²) >= 11 is 0. The van der Waals surface area contributed by atoms with Gasteiger partial charge in [0.15, 0.2) is 0 Å². The predicted octanol–water partition coefficient (Wildman–Crippen LogP) is 0.179. The van der Waals surface area contributed by atoms with Crippen LogP contribution < -0.4 is 5.43 Å². The zero-order chi connectivity index (χ0) is 9.97. The third-order valence-corrected chi connectivity index (χ3v) is 1.93. The number of hydrazine groups is 1. The van der Waals surface area contributed by atoms with Gasteiger partial charge in [0.05, 0.1) is 25.0 Å². The van der Waals surface area contributed by atoms with E-state index >= 15 is 0 Å². The van der Waals surface area contributed by atoms with E-state index in [1.54, 1.807) is 25.4 Å². The van der Waals surface area contributed by atoms with Gasteiger partial charge in [0.1, 0.15) is 5.70 Å². The van der Waals surface area contributed by atoms with Crippen molar-refractivity contribution in [2.45, 2.75) is 6.92 Å². The van der Waals surface area contributed by atoms with Gasteiger partial charge in [0.25, 0.3) is 0 Å². The van der Waals surface area contributed by atoms with E-state index in [0.717, 1.165) is 5.70 Å². The Labute approximate surface area is 81.7 Å². The van der Waals surface area contributed by atoms with Gasteiger partial charge >= 0.3 is 5.97 Å². The summed E-state index contributed by atoms with van der Waals surface area (Å²) in [7, 11) is 0. The lowest BCUT2D eigenvalue weighted by molar-refractivity contribution is -0.139. The molecule has 0 unspecified atom stereocenters. The van der Waals surface area contributed by atoms with Crippen molar-refractivity contribution < 1.29 is 9.53 Å². The van der Waals surface area contributed by atoms with Crippen molar-refractivity contribution >= 4 is 12.2 Å². The van der Waals surface area contributed by atoms with Crippen LogP contribution in [0.15, 0.2) is 28.7 Å². The number of allylic oxidation sites excluding steroid dienone is 1. The molecule has 0 spiro atoms. The Morgan fingerprint density at radius 1 is 1.79 bits per heavy atom. The number of fused-ring (bicyclic) bond motifs is 1. The number of carbonyl (C=O) groups excluding carboxylic acids is 1. The molecule has 0 aromatic heterocycles. The Bertz CT molecular complexity index is 344. The van der Waals surface area contributed by atoms with Crippen molar-refractivity contribution in [2.75, 3.05) is 13.2 Å². The summed E-state index contributed by atoms with van der Waals surface area (Å²) in [6.07, 6.45) is 5.19. The SMILES string of the molecule is CCOC(=O)C1=CC2=CN=CCN2N1. The minimum atomic E-state index is -0.331. The molecule has 2 rings (SSSR count). The van der Waals surface area contributed by atoms with Crippen molar-refractivity contribution in [3.63, 3.8) is 0 Å². The van der Waals surface area contributed by atoms with Crippen LogP contribution >= 0.6 is 0 Å². The Balaban J connectivity index is 2.10. The number of nitrogens with zero attached hydrogens (tertiary/aromatic N) is 2. The molecular weight excluding hydrogens is 182 g/mol. The molecule has 5 nitrogen and oxygen atoms in total. The van der Waals surface area contributed by atoms with Crippen LogP contribution in [0, 0.1) is 0 Å². The van der Waals surface area contributed by atoms with Crippen LogP contribution in [0.4, 0.5) is 0 Å². The van der Waals surface area contributed by atoms with Crippen molar-refractivity contribution in [3.05, 3.63) is 23.7 Å². The first-order valence-electron chi connectivity index (χ1n) is 4.46. The molecule has 0 aromatic carbocycles. The van der Waals surface area contributed by atoms with Gasteiger partial charge in [-0.1, -0.05) is 0 Å². The predicted molar refractivity (Wildman–Crippen MR) is 51.1 cm³/mol. The molecule has 14 heavy (non-hydrogen) atoms. The minimum absolute atomic E-state index is 0.331. The molecule has 0 saturated carbocycles. The summed E-state index contributed by atoms with van der Waals surface area (Å²) < 4.78 is 4.87.